The average molecular weight is 302 g/mol. The minimum atomic E-state index is -0.840. The third-order valence-electron chi connectivity index (χ3n) is 2.70. The van der Waals surface area contributed by atoms with Gasteiger partial charge in [0.05, 0.1) is 12.0 Å². The lowest BCUT2D eigenvalue weighted by Gasteiger charge is -2.19. The van der Waals surface area contributed by atoms with Gasteiger partial charge in [-0.15, -0.1) is 0 Å². The summed E-state index contributed by atoms with van der Waals surface area (Å²) in [6, 6.07) is 7.35. The Morgan fingerprint density at radius 1 is 1.30 bits per heavy atom. The third kappa shape index (κ3) is 6.04. The molecule has 1 aromatic carbocycles. The Hall–Kier alpha value is -1.59. The highest BCUT2D eigenvalue weighted by atomic mass is 35.5. The van der Waals surface area contributed by atoms with Crippen molar-refractivity contribution in [1.29, 1.82) is 0 Å². The highest BCUT2D eigenvalue weighted by Gasteiger charge is 2.28. The number of hydrogen-bond acceptors (Lipinski definition) is 4. The molecule has 1 aromatic rings. The number of hydrogen-bond donors (Lipinski definition) is 2. The summed E-state index contributed by atoms with van der Waals surface area (Å²) < 4.78 is 4.17. The summed E-state index contributed by atoms with van der Waals surface area (Å²) >= 11 is 4.72. The van der Waals surface area contributed by atoms with Crippen molar-refractivity contribution in [3.8, 4) is 0 Å². The van der Waals surface area contributed by atoms with Crippen molar-refractivity contribution >= 4 is 23.0 Å². The number of halogens is 1. The lowest BCUT2D eigenvalue weighted by molar-refractivity contribution is -0.142. The van der Waals surface area contributed by atoms with Crippen LogP contribution in [-0.2, 0) is 21.5 Å². The molecule has 0 unspecified atom stereocenters. The van der Waals surface area contributed by atoms with Gasteiger partial charge in [-0.2, -0.15) is 0 Å². The molecule has 0 amide bonds. The summed E-state index contributed by atoms with van der Waals surface area (Å²) in [6.07, 6.45) is 0. The van der Waals surface area contributed by atoms with Crippen LogP contribution in [0.25, 0.3) is 0 Å². The minimum absolute atomic E-state index is 0.350. The lowest BCUT2D eigenvalue weighted by atomic mass is 9.84. The molecule has 0 radical (unpaired) electrons. The molecule has 0 atom stereocenters. The van der Waals surface area contributed by atoms with Crippen LogP contribution in [0.4, 0.5) is 4.79 Å². The number of nitrogens with two attached hydrogens (primary N) is 1. The van der Waals surface area contributed by atoms with Crippen LogP contribution in [0.15, 0.2) is 24.3 Å². The Balaban J connectivity index is 0.000000511. The van der Waals surface area contributed by atoms with Crippen molar-refractivity contribution in [3.05, 3.63) is 35.4 Å². The number of ether oxygens (including phenoxy) is 1. The Bertz CT molecular complexity index is 443. The highest BCUT2D eigenvalue weighted by Crippen LogP contribution is 2.23. The molecule has 0 fully saturated rings. The van der Waals surface area contributed by atoms with Gasteiger partial charge in [0.15, 0.2) is 0 Å². The molecule has 0 aliphatic heterocycles. The maximum atomic E-state index is 11.0. The molecule has 0 aliphatic rings. The lowest BCUT2D eigenvalue weighted by Crippen LogP contribution is -2.28. The minimum Gasteiger partial charge on any atom is -0.481 e. The second kappa shape index (κ2) is 8.55. The zero-order chi connectivity index (χ0) is 15.8. The van der Waals surface area contributed by atoms with E-state index in [0.717, 1.165) is 11.1 Å². The molecule has 5 nitrogen and oxygen atoms in total. The molecule has 0 saturated heterocycles. The fourth-order valence-electron chi connectivity index (χ4n) is 1.29. The first-order valence-corrected chi connectivity index (χ1v) is 6.48. The van der Waals surface area contributed by atoms with Gasteiger partial charge in [0.1, 0.15) is 0 Å². The first kappa shape index (κ1) is 18.4. The van der Waals surface area contributed by atoms with Gasteiger partial charge in [-0.3, -0.25) is 4.79 Å². The van der Waals surface area contributed by atoms with E-state index in [1.54, 1.807) is 20.8 Å². The first-order valence-electron chi connectivity index (χ1n) is 6.10. The Labute approximate surface area is 123 Å². The van der Waals surface area contributed by atoms with Gasteiger partial charge in [-0.1, -0.05) is 24.3 Å². The van der Waals surface area contributed by atoms with E-state index in [1.165, 1.54) is 0 Å². The van der Waals surface area contributed by atoms with E-state index in [9.17, 15) is 9.59 Å². The maximum absolute atomic E-state index is 11.0. The van der Waals surface area contributed by atoms with Gasteiger partial charge < -0.3 is 15.6 Å². The van der Waals surface area contributed by atoms with Crippen LogP contribution in [-0.4, -0.2) is 23.1 Å². The Kier molecular flexibility index (Phi) is 7.87. The van der Waals surface area contributed by atoms with Crippen molar-refractivity contribution in [2.45, 2.75) is 32.7 Å². The summed E-state index contributed by atoms with van der Waals surface area (Å²) in [4.78, 5) is 20.5. The summed E-state index contributed by atoms with van der Waals surface area (Å²) in [6.45, 7) is 5.90. The van der Waals surface area contributed by atoms with E-state index in [0.29, 0.717) is 13.2 Å². The van der Waals surface area contributed by atoms with Gasteiger partial charge >= 0.3 is 11.4 Å². The zero-order valence-electron chi connectivity index (χ0n) is 11.9. The van der Waals surface area contributed by atoms with Crippen molar-refractivity contribution < 1.29 is 19.4 Å². The smallest absolute Gasteiger partial charge is 0.403 e. The monoisotopic (exact) mass is 301 g/mol. The van der Waals surface area contributed by atoms with Crippen LogP contribution in [0.1, 0.15) is 31.9 Å². The molecule has 6 heteroatoms. The SMILES string of the molecule is CC(C)(C(=O)O)c1ccc(CN)cc1.CCOC(=O)Cl. The molecule has 0 aromatic heterocycles. The highest BCUT2D eigenvalue weighted by molar-refractivity contribution is 6.61. The van der Waals surface area contributed by atoms with Crippen molar-refractivity contribution in [2.24, 2.45) is 5.73 Å². The Morgan fingerprint density at radius 3 is 2.05 bits per heavy atom. The van der Waals surface area contributed by atoms with Crippen LogP contribution in [0, 0.1) is 0 Å². The number of rotatable bonds is 4. The van der Waals surface area contributed by atoms with Crippen LogP contribution >= 0.6 is 11.6 Å². The number of carboxylic acids is 1. The molecule has 112 valence electrons. The van der Waals surface area contributed by atoms with E-state index >= 15 is 0 Å². The first-order chi connectivity index (χ1) is 9.25. The molecule has 0 saturated carbocycles. The van der Waals surface area contributed by atoms with E-state index in [1.807, 2.05) is 24.3 Å². The summed E-state index contributed by atoms with van der Waals surface area (Å²) in [5.41, 5.74) is 5.68. The zero-order valence-corrected chi connectivity index (χ0v) is 12.6. The molecule has 0 bridgehead atoms. The van der Waals surface area contributed by atoms with E-state index in [2.05, 4.69) is 4.74 Å². The van der Waals surface area contributed by atoms with Crippen molar-refractivity contribution in [1.82, 2.24) is 0 Å². The molecular formula is C14H20ClNO4. The number of carbonyl (C=O) groups excluding carboxylic acids is 1. The van der Waals surface area contributed by atoms with Crippen LogP contribution in [0.5, 0.6) is 0 Å². The van der Waals surface area contributed by atoms with Crippen LogP contribution in [0.3, 0.4) is 0 Å². The summed E-state index contributed by atoms with van der Waals surface area (Å²) in [5.74, 6) is -0.821. The number of carboxylic acid groups (broad SMARTS) is 1. The average Bonchev–Trinajstić information content (AvgIpc) is 2.39. The third-order valence-corrected chi connectivity index (χ3v) is 2.81. The second-order valence-corrected chi connectivity index (χ2v) is 4.81. The molecular weight excluding hydrogens is 282 g/mol. The number of benzene rings is 1. The predicted molar refractivity (Wildman–Crippen MR) is 77.9 cm³/mol. The van der Waals surface area contributed by atoms with Crippen molar-refractivity contribution in [3.63, 3.8) is 0 Å². The molecule has 20 heavy (non-hydrogen) atoms. The molecule has 1 rings (SSSR count). The van der Waals surface area contributed by atoms with Gasteiger partial charge in [0, 0.05) is 18.1 Å². The normalized spacial score (nSPS) is 10.2. The standard InChI is InChI=1S/C11H15NO2.C3H5ClO2/c1-11(2,10(13)14)9-5-3-8(7-12)4-6-9;1-2-6-3(4)5/h3-6H,7,12H2,1-2H3,(H,13,14);2H2,1H3. The molecule has 3 N–H and O–H groups in total. The van der Waals surface area contributed by atoms with Gasteiger partial charge in [-0.05, 0) is 31.9 Å². The molecule has 0 heterocycles. The van der Waals surface area contributed by atoms with Crippen LogP contribution < -0.4 is 5.73 Å². The predicted octanol–water partition coefficient (Wildman–Crippen LogP) is 2.89. The van der Waals surface area contributed by atoms with Crippen molar-refractivity contribution in [2.75, 3.05) is 6.61 Å². The quantitative estimate of drug-likeness (QED) is 0.835. The molecule has 0 aliphatic carbocycles. The number of carbonyl (C=O) groups is 2. The second-order valence-electron chi connectivity index (χ2n) is 4.50. The largest absolute Gasteiger partial charge is 0.481 e. The van der Waals surface area contributed by atoms with Gasteiger partial charge in [0.2, 0.25) is 0 Å². The Morgan fingerprint density at radius 2 is 1.80 bits per heavy atom. The topological polar surface area (TPSA) is 89.6 Å². The van der Waals surface area contributed by atoms with Gasteiger partial charge in [0.25, 0.3) is 0 Å². The molecule has 0 spiro atoms. The maximum Gasteiger partial charge on any atom is 0.403 e. The number of aliphatic carboxylic acids is 1. The fourth-order valence-corrected chi connectivity index (χ4v) is 1.40. The summed E-state index contributed by atoms with van der Waals surface area (Å²) in [7, 11) is 0. The van der Waals surface area contributed by atoms with E-state index in [4.69, 9.17) is 22.4 Å². The fraction of sp³-hybridized carbons (Fsp3) is 0.429. The summed E-state index contributed by atoms with van der Waals surface area (Å²) in [5, 5.41) is 9.00. The van der Waals surface area contributed by atoms with E-state index < -0.39 is 16.8 Å². The van der Waals surface area contributed by atoms with Gasteiger partial charge in [-0.25, -0.2) is 4.79 Å². The van der Waals surface area contributed by atoms with Crippen LogP contribution in [0.2, 0.25) is 0 Å². The van der Waals surface area contributed by atoms with E-state index in [-0.39, 0.29) is 0 Å².